The van der Waals surface area contributed by atoms with Gasteiger partial charge in [0.1, 0.15) is 5.82 Å². The zero-order chi connectivity index (χ0) is 10.7. The van der Waals surface area contributed by atoms with Gasteiger partial charge in [-0.05, 0) is 17.6 Å². The van der Waals surface area contributed by atoms with E-state index in [4.69, 9.17) is 10.0 Å². The summed E-state index contributed by atoms with van der Waals surface area (Å²) in [7, 11) is -1.76. The molecule has 0 fully saturated rings. The second kappa shape index (κ2) is 4.35. The number of carbonyl (C=O) groups is 1. The van der Waals surface area contributed by atoms with Crippen LogP contribution in [0.25, 0.3) is 0 Å². The molecule has 0 unspecified atom stereocenters. The first-order valence-electron chi connectivity index (χ1n) is 4.24. The van der Waals surface area contributed by atoms with Crippen molar-refractivity contribution < 1.29 is 19.2 Å². The monoisotopic (exact) mass is 196 g/mol. The molecule has 0 aromatic heterocycles. The van der Waals surface area contributed by atoms with E-state index in [-0.39, 0.29) is 23.2 Å². The molecule has 0 atom stereocenters. The average Bonchev–Trinajstić information content (AvgIpc) is 2.15. The van der Waals surface area contributed by atoms with Crippen LogP contribution in [0.5, 0.6) is 0 Å². The van der Waals surface area contributed by atoms with E-state index in [2.05, 4.69) is 0 Å². The number of hydrogen-bond acceptors (Lipinski definition) is 3. The van der Waals surface area contributed by atoms with Crippen molar-refractivity contribution in [2.24, 2.45) is 0 Å². The van der Waals surface area contributed by atoms with Crippen LogP contribution in [0.3, 0.4) is 0 Å². The highest BCUT2D eigenvalue weighted by molar-refractivity contribution is 6.58. The summed E-state index contributed by atoms with van der Waals surface area (Å²) in [6.07, 6.45) is 0.254. The topological polar surface area (TPSA) is 57.5 Å². The minimum Gasteiger partial charge on any atom is -0.423 e. The van der Waals surface area contributed by atoms with Gasteiger partial charge in [0.2, 0.25) is 0 Å². The van der Waals surface area contributed by atoms with E-state index in [9.17, 15) is 9.18 Å². The highest BCUT2D eigenvalue weighted by atomic mass is 19.1. The van der Waals surface area contributed by atoms with Crippen molar-refractivity contribution in [2.75, 3.05) is 0 Å². The maximum atomic E-state index is 12.9. The summed E-state index contributed by atoms with van der Waals surface area (Å²) in [4.78, 5) is 11.2. The molecular weight excluding hydrogens is 186 g/mol. The predicted octanol–water partition coefficient (Wildman–Crippen LogP) is 0.0982. The Morgan fingerprint density at radius 3 is 2.57 bits per heavy atom. The van der Waals surface area contributed by atoms with Crippen LogP contribution in [0.2, 0.25) is 0 Å². The number of ketones is 1. The van der Waals surface area contributed by atoms with Crippen LogP contribution in [0.15, 0.2) is 18.2 Å². The fourth-order valence-electron chi connectivity index (χ4n) is 1.13. The first-order valence-corrected chi connectivity index (χ1v) is 4.24. The number of rotatable bonds is 3. The van der Waals surface area contributed by atoms with E-state index in [1.807, 2.05) is 0 Å². The predicted molar refractivity (Wildman–Crippen MR) is 50.8 cm³/mol. The molecule has 0 saturated carbocycles. The standard InChI is InChI=1S/C9H10BFO3/c1-2-9(12)6-3-7(10(13)14)5-8(11)4-6/h3-5,13-14H,2H2,1H3. The molecule has 3 nitrogen and oxygen atoms in total. The van der Waals surface area contributed by atoms with Gasteiger partial charge in [0.25, 0.3) is 0 Å². The molecule has 14 heavy (non-hydrogen) atoms. The Hall–Kier alpha value is -1.20. The molecule has 0 heterocycles. The van der Waals surface area contributed by atoms with Gasteiger partial charge in [0.05, 0.1) is 0 Å². The van der Waals surface area contributed by atoms with Crippen molar-refractivity contribution >= 4 is 18.4 Å². The van der Waals surface area contributed by atoms with E-state index in [1.165, 1.54) is 6.07 Å². The van der Waals surface area contributed by atoms with Crippen LogP contribution in [0, 0.1) is 5.82 Å². The van der Waals surface area contributed by atoms with Gasteiger partial charge >= 0.3 is 7.12 Å². The minimum atomic E-state index is -1.76. The van der Waals surface area contributed by atoms with Crippen molar-refractivity contribution in [1.82, 2.24) is 0 Å². The highest BCUT2D eigenvalue weighted by Gasteiger charge is 2.15. The number of carbonyl (C=O) groups excluding carboxylic acids is 1. The lowest BCUT2D eigenvalue weighted by atomic mass is 9.79. The second-order valence-corrected chi connectivity index (χ2v) is 2.92. The molecule has 1 aromatic rings. The molecule has 1 aromatic carbocycles. The molecule has 0 spiro atoms. The summed E-state index contributed by atoms with van der Waals surface area (Å²) in [6, 6.07) is 3.34. The lowest BCUT2D eigenvalue weighted by Gasteiger charge is -2.03. The molecule has 1 rings (SSSR count). The lowest BCUT2D eigenvalue weighted by molar-refractivity contribution is 0.0988. The Balaban J connectivity index is 3.13. The number of halogens is 1. The fraction of sp³-hybridized carbons (Fsp3) is 0.222. The van der Waals surface area contributed by atoms with Crippen molar-refractivity contribution in [2.45, 2.75) is 13.3 Å². The van der Waals surface area contributed by atoms with Gasteiger partial charge in [0.15, 0.2) is 5.78 Å². The van der Waals surface area contributed by atoms with Crippen LogP contribution < -0.4 is 5.46 Å². The second-order valence-electron chi connectivity index (χ2n) is 2.92. The van der Waals surface area contributed by atoms with E-state index >= 15 is 0 Å². The van der Waals surface area contributed by atoms with E-state index < -0.39 is 12.9 Å². The maximum Gasteiger partial charge on any atom is 0.488 e. The minimum absolute atomic E-state index is 0.0122. The van der Waals surface area contributed by atoms with Crippen molar-refractivity contribution in [3.8, 4) is 0 Å². The summed E-state index contributed by atoms with van der Waals surface area (Å²) in [6.45, 7) is 1.66. The Morgan fingerprint density at radius 1 is 1.43 bits per heavy atom. The van der Waals surface area contributed by atoms with Gasteiger partial charge in [0, 0.05) is 12.0 Å². The number of benzene rings is 1. The smallest absolute Gasteiger partial charge is 0.423 e. The largest absolute Gasteiger partial charge is 0.488 e. The van der Waals surface area contributed by atoms with Crippen molar-refractivity contribution in [1.29, 1.82) is 0 Å². The van der Waals surface area contributed by atoms with E-state index in [0.717, 1.165) is 12.1 Å². The van der Waals surface area contributed by atoms with E-state index in [1.54, 1.807) is 6.92 Å². The van der Waals surface area contributed by atoms with Crippen LogP contribution in [0.1, 0.15) is 23.7 Å². The number of hydrogen-bond donors (Lipinski definition) is 2. The van der Waals surface area contributed by atoms with Gasteiger partial charge in [-0.1, -0.05) is 13.0 Å². The molecule has 0 aliphatic carbocycles. The maximum absolute atomic E-state index is 12.9. The summed E-state index contributed by atoms with van der Waals surface area (Å²) in [5.74, 6) is -0.876. The summed E-state index contributed by atoms with van der Waals surface area (Å²) >= 11 is 0. The van der Waals surface area contributed by atoms with Gasteiger partial charge in [-0.3, -0.25) is 4.79 Å². The molecule has 0 saturated heterocycles. The van der Waals surface area contributed by atoms with Crippen LogP contribution >= 0.6 is 0 Å². The van der Waals surface area contributed by atoms with Gasteiger partial charge in [-0.25, -0.2) is 4.39 Å². The third-order valence-corrected chi connectivity index (χ3v) is 1.86. The molecule has 2 N–H and O–H groups in total. The molecule has 5 heteroatoms. The van der Waals surface area contributed by atoms with Crippen LogP contribution in [0.4, 0.5) is 4.39 Å². The average molecular weight is 196 g/mol. The fourth-order valence-corrected chi connectivity index (χ4v) is 1.13. The Bertz CT molecular complexity index is 352. The summed E-state index contributed by atoms with van der Waals surface area (Å²) in [5.41, 5.74) is 0.150. The summed E-state index contributed by atoms with van der Waals surface area (Å²) in [5, 5.41) is 17.6. The van der Waals surface area contributed by atoms with Crippen LogP contribution in [-0.2, 0) is 0 Å². The number of Topliss-reactive ketones (excluding diaryl/α,β-unsaturated/α-hetero) is 1. The SMILES string of the molecule is CCC(=O)c1cc(F)cc(B(O)O)c1. The molecule has 0 amide bonds. The zero-order valence-corrected chi connectivity index (χ0v) is 7.70. The van der Waals surface area contributed by atoms with Crippen molar-refractivity contribution in [3.05, 3.63) is 29.6 Å². The Kier molecular flexibility index (Phi) is 3.38. The Labute approximate surface area is 81.3 Å². The Morgan fingerprint density at radius 2 is 2.07 bits per heavy atom. The lowest BCUT2D eigenvalue weighted by Crippen LogP contribution is -2.30. The van der Waals surface area contributed by atoms with Crippen molar-refractivity contribution in [3.63, 3.8) is 0 Å². The molecule has 0 aliphatic rings. The molecule has 74 valence electrons. The van der Waals surface area contributed by atoms with Gasteiger partial charge in [-0.15, -0.1) is 0 Å². The highest BCUT2D eigenvalue weighted by Crippen LogP contribution is 2.05. The quantitative estimate of drug-likeness (QED) is 0.532. The molecular formula is C9H10BFO3. The summed E-state index contributed by atoms with van der Waals surface area (Å²) < 4.78 is 12.9. The first-order chi connectivity index (χ1) is 6.54. The van der Waals surface area contributed by atoms with Gasteiger partial charge < -0.3 is 10.0 Å². The molecule has 0 aliphatic heterocycles. The molecule has 0 bridgehead atoms. The molecule has 0 radical (unpaired) electrons. The van der Waals surface area contributed by atoms with Crippen LogP contribution in [-0.4, -0.2) is 22.9 Å². The third-order valence-electron chi connectivity index (χ3n) is 1.86. The third kappa shape index (κ3) is 2.40. The van der Waals surface area contributed by atoms with E-state index in [0.29, 0.717) is 0 Å². The first kappa shape index (κ1) is 10.9. The zero-order valence-electron chi connectivity index (χ0n) is 7.70. The normalized spacial score (nSPS) is 10.0. The van der Waals surface area contributed by atoms with Gasteiger partial charge in [-0.2, -0.15) is 0 Å².